The number of aryl methyl sites for hydroxylation is 1. The third kappa shape index (κ3) is 6.29. The van der Waals surface area contributed by atoms with Gasteiger partial charge in [-0.05, 0) is 63.8 Å². The van der Waals surface area contributed by atoms with E-state index in [1.807, 2.05) is 24.4 Å². The predicted octanol–water partition coefficient (Wildman–Crippen LogP) is 3.18. The Labute approximate surface area is 174 Å². The van der Waals surface area contributed by atoms with Gasteiger partial charge in [-0.2, -0.15) is 5.10 Å². The minimum absolute atomic E-state index is 0.109. The number of aliphatic hydroxyl groups is 2. The molecule has 0 saturated carbocycles. The van der Waals surface area contributed by atoms with Gasteiger partial charge in [-0.1, -0.05) is 24.6 Å². The van der Waals surface area contributed by atoms with Crippen molar-refractivity contribution < 1.29 is 14.9 Å². The van der Waals surface area contributed by atoms with Crippen LogP contribution in [0.3, 0.4) is 0 Å². The summed E-state index contributed by atoms with van der Waals surface area (Å²) in [6.07, 6.45) is 5.01. The third-order valence-electron chi connectivity index (χ3n) is 5.61. The fraction of sp³-hybridized carbons (Fsp3) is 0.609. The maximum atomic E-state index is 10.4. The first-order valence-electron chi connectivity index (χ1n) is 10.9. The van der Waals surface area contributed by atoms with Crippen molar-refractivity contribution in [1.29, 1.82) is 0 Å². The molecule has 160 valence electrons. The predicted molar refractivity (Wildman–Crippen MR) is 114 cm³/mol. The number of ether oxygens (including phenoxy) is 1. The van der Waals surface area contributed by atoms with Gasteiger partial charge in [0.05, 0.1) is 11.8 Å². The molecular formula is C23H35N3O3. The van der Waals surface area contributed by atoms with Gasteiger partial charge in [-0.3, -0.25) is 9.58 Å². The van der Waals surface area contributed by atoms with E-state index in [1.54, 1.807) is 0 Å². The van der Waals surface area contributed by atoms with Crippen molar-refractivity contribution in [1.82, 2.24) is 14.7 Å². The van der Waals surface area contributed by atoms with E-state index in [9.17, 15) is 10.2 Å². The summed E-state index contributed by atoms with van der Waals surface area (Å²) in [5.74, 6) is 0.819. The first kappa shape index (κ1) is 21.8. The molecule has 0 radical (unpaired) electrons. The number of aromatic nitrogens is 2. The van der Waals surface area contributed by atoms with Crippen LogP contribution in [-0.4, -0.2) is 56.8 Å². The molecule has 1 aromatic heterocycles. The molecule has 6 nitrogen and oxygen atoms in total. The number of benzene rings is 1. The van der Waals surface area contributed by atoms with E-state index < -0.39 is 12.2 Å². The Morgan fingerprint density at radius 1 is 1.07 bits per heavy atom. The quantitative estimate of drug-likeness (QED) is 0.827. The molecule has 0 aliphatic carbocycles. The molecule has 2 heterocycles. The summed E-state index contributed by atoms with van der Waals surface area (Å²) in [5.41, 5.74) is 2.36. The fourth-order valence-corrected chi connectivity index (χ4v) is 3.90. The lowest BCUT2D eigenvalue weighted by Crippen LogP contribution is -2.36. The highest BCUT2D eigenvalue weighted by molar-refractivity contribution is 5.33. The van der Waals surface area contributed by atoms with Gasteiger partial charge in [0.25, 0.3) is 0 Å². The van der Waals surface area contributed by atoms with E-state index in [-0.39, 0.29) is 6.61 Å². The lowest BCUT2D eigenvalue weighted by Gasteiger charge is -2.26. The average Bonchev–Trinajstić information content (AvgIpc) is 3.18. The lowest BCUT2D eigenvalue weighted by molar-refractivity contribution is -0.0164. The zero-order valence-corrected chi connectivity index (χ0v) is 17.7. The van der Waals surface area contributed by atoms with Gasteiger partial charge in [0.1, 0.15) is 18.5 Å². The minimum Gasteiger partial charge on any atom is -0.491 e. The van der Waals surface area contributed by atoms with E-state index in [2.05, 4.69) is 40.7 Å². The Kier molecular flexibility index (Phi) is 8.09. The number of para-hydroxylation sites is 1. The first-order valence-corrected chi connectivity index (χ1v) is 10.9. The summed E-state index contributed by atoms with van der Waals surface area (Å²) in [6, 6.07) is 10.4. The number of fused-ring (bicyclic) bond motifs is 1. The number of hydrogen-bond donors (Lipinski definition) is 2. The Balaban J connectivity index is 1.67. The highest BCUT2D eigenvalue weighted by atomic mass is 16.5. The van der Waals surface area contributed by atoms with Crippen molar-refractivity contribution in [2.75, 3.05) is 19.7 Å². The highest BCUT2D eigenvalue weighted by Crippen LogP contribution is 2.22. The summed E-state index contributed by atoms with van der Waals surface area (Å²) < 4.78 is 7.89. The molecule has 0 fully saturated rings. The minimum atomic E-state index is -0.894. The van der Waals surface area contributed by atoms with Crippen LogP contribution in [0.2, 0.25) is 0 Å². The fourth-order valence-electron chi connectivity index (χ4n) is 3.90. The highest BCUT2D eigenvalue weighted by Gasteiger charge is 2.20. The van der Waals surface area contributed by atoms with Gasteiger partial charge < -0.3 is 14.9 Å². The molecule has 6 heteroatoms. The average molecular weight is 402 g/mol. The molecule has 0 bridgehead atoms. The topological polar surface area (TPSA) is 70.8 Å². The number of rotatable bonds is 3. The van der Waals surface area contributed by atoms with Crippen LogP contribution >= 0.6 is 0 Å². The molecule has 0 saturated heterocycles. The second-order valence-electron chi connectivity index (χ2n) is 8.29. The van der Waals surface area contributed by atoms with Crippen molar-refractivity contribution in [2.45, 2.75) is 70.7 Å². The van der Waals surface area contributed by atoms with Crippen LogP contribution in [0.4, 0.5) is 0 Å². The van der Waals surface area contributed by atoms with Gasteiger partial charge in [0.2, 0.25) is 0 Å². The summed E-state index contributed by atoms with van der Waals surface area (Å²) >= 11 is 0. The zero-order chi connectivity index (χ0) is 20.6. The second kappa shape index (κ2) is 10.8. The Morgan fingerprint density at radius 3 is 2.72 bits per heavy atom. The van der Waals surface area contributed by atoms with Crippen molar-refractivity contribution >= 4 is 0 Å². The molecule has 0 spiro atoms. The largest absolute Gasteiger partial charge is 0.491 e. The van der Waals surface area contributed by atoms with Crippen LogP contribution in [0.15, 0.2) is 36.5 Å². The number of aliphatic hydroxyl groups excluding tert-OH is 2. The van der Waals surface area contributed by atoms with Crippen molar-refractivity contribution in [3.63, 3.8) is 0 Å². The second-order valence-corrected chi connectivity index (χ2v) is 8.29. The maximum Gasteiger partial charge on any atom is 0.122 e. The monoisotopic (exact) mass is 401 g/mol. The Bertz CT molecular complexity index is 746. The van der Waals surface area contributed by atoms with Crippen LogP contribution in [0.1, 0.15) is 56.8 Å². The molecule has 2 N–H and O–H groups in total. The van der Waals surface area contributed by atoms with E-state index >= 15 is 0 Å². The standard InChI is InChI=1S/C23H35N3O3/c1-18(2)26-20(11-13-24-26)16-25-14-7-3-4-8-19-9-5-6-10-23(19)29-17-22(28)21(27)12-15-25/h5-6,9-11,13,18,21-22,27-28H,3-4,7-8,12,14-17H2,1-2H3/t21-,22+/m0/s1. The SMILES string of the molecule is CC(C)n1nccc1CN1CCCCCc2ccccc2OC[C@@H](O)[C@@H](O)CC1. The molecule has 2 aromatic rings. The van der Waals surface area contributed by atoms with Gasteiger partial charge in [0, 0.05) is 25.3 Å². The summed E-state index contributed by atoms with van der Waals surface area (Å²) in [5, 5.41) is 25.3. The Hall–Kier alpha value is -1.89. The van der Waals surface area contributed by atoms with Gasteiger partial charge in [-0.15, -0.1) is 0 Å². The van der Waals surface area contributed by atoms with Crippen LogP contribution in [0, 0.1) is 0 Å². The third-order valence-corrected chi connectivity index (χ3v) is 5.61. The smallest absolute Gasteiger partial charge is 0.122 e. The molecule has 1 aliphatic heterocycles. The van der Waals surface area contributed by atoms with Crippen LogP contribution in [-0.2, 0) is 13.0 Å². The summed E-state index contributed by atoms with van der Waals surface area (Å²) in [7, 11) is 0. The summed E-state index contributed by atoms with van der Waals surface area (Å²) in [4.78, 5) is 2.37. The van der Waals surface area contributed by atoms with E-state index in [1.165, 1.54) is 11.3 Å². The molecule has 1 aromatic carbocycles. The zero-order valence-electron chi connectivity index (χ0n) is 17.7. The van der Waals surface area contributed by atoms with E-state index in [0.717, 1.165) is 51.1 Å². The van der Waals surface area contributed by atoms with Crippen molar-refractivity contribution in [2.24, 2.45) is 0 Å². The maximum absolute atomic E-state index is 10.4. The first-order chi connectivity index (χ1) is 14.0. The van der Waals surface area contributed by atoms with Crippen LogP contribution < -0.4 is 4.74 Å². The van der Waals surface area contributed by atoms with Crippen molar-refractivity contribution in [3.05, 3.63) is 47.8 Å². The summed E-state index contributed by atoms with van der Waals surface area (Å²) in [6.45, 7) is 6.90. The van der Waals surface area contributed by atoms with Gasteiger partial charge >= 0.3 is 0 Å². The molecule has 29 heavy (non-hydrogen) atoms. The molecular weight excluding hydrogens is 366 g/mol. The van der Waals surface area contributed by atoms with Crippen LogP contribution in [0.25, 0.3) is 0 Å². The molecule has 0 amide bonds. The molecule has 1 aliphatic rings. The normalized spacial score (nSPS) is 22.7. The number of hydrogen-bond acceptors (Lipinski definition) is 5. The van der Waals surface area contributed by atoms with E-state index in [4.69, 9.17) is 4.74 Å². The number of nitrogens with zero attached hydrogens (tertiary/aromatic N) is 3. The Morgan fingerprint density at radius 2 is 1.90 bits per heavy atom. The molecule has 2 atom stereocenters. The molecule has 3 rings (SSSR count). The lowest BCUT2D eigenvalue weighted by atomic mass is 10.0. The molecule has 0 unspecified atom stereocenters. The van der Waals surface area contributed by atoms with Crippen molar-refractivity contribution in [3.8, 4) is 5.75 Å². The van der Waals surface area contributed by atoms with Gasteiger partial charge in [0.15, 0.2) is 0 Å². The van der Waals surface area contributed by atoms with Gasteiger partial charge in [-0.25, -0.2) is 0 Å². The van der Waals surface area contributed by atoms with E-state index in [0.29, 0.717) is 12.5 Å². The van der Waals surface area contributed by atoms with Crippen LogP contribution in [0.5, 0.6) is 5.75 Å².